The minimum absolute atomic E-state index is 0.0732. The van der Waals surface area contributed by atoms with Gasteiger partial charge in [0.05, 0.1) is 4.92 Å². The van der Waals surface area contributed by atoms with E-state index in [2.05, 4.69) is 0 Å². The fraction of sp³-hybridized carbons (Fsp3) is 0.231. The molecule has 0 aromatic heterocycles. The number of hydrogen-bond donors (Lipinski definition) is 1. The molecular formula is C13H9F3N2O6. The van der Waals surface area contributed by atoms with Crippen LogP contribution in [-0.4, -0.2) is 22.6 Å². The van der Waals surface area contributed by atoms with Crippen LogP contribution in [-0.2, 0) is 19.1 Å². The highest BCUT2D eigenvalue weighted by atomic mass is 19.2. The van der Waals surface area contributed by atoms with Crippen molar-refractivity contribution in [1.29, 1.82) is 0 Å². The maximum Gasteiger partial charge on any atom is 0.350 e. The molecule has 1 aromatic carbocycles. The third-order valence-corrected chi connectivity index (χ3v) is 2.81. The van der Waals surface area contributed by atoms with Crippen LogP contribution in [0.3, 0.4) is 0 Å². The van der Waals surface area contributed by atoms with Gasteiger partial charge in [0.1, 0.15) is 0 Å². The Morgan fingerprint density at radius 2 is 1.71 bits per heavy atom. The molecule has 1 saturated heterocycles. The zero-order chi connectivity index (χ0) is 18.2. The van der Waals surface area contributed by atoms with Gasteiger partial charge < -0.3 is 14.8 Å². The van der Waals surface area contributed by atoms with Crippen molar-refractivity contribution in [2.45, 2.75) is 19.6 Å². The lowest BCUT2D eigenvalue weighted by molar-refractivity contribution is -0.387. The predicted molar refractivity (Wildman–Crippen MR) is 70.9 cm³/mol. The van der Waals surface area contributed by atoms with Gasteiger partial charge in [0.25, 0.3) is 5.79 Å². The lowest BCUT2D eigenvalue weighted by Crippen LogP contribution is -2.42. The normalized spacial score (nSPS) is 16.3. The van der Waals surface area contributed by atoms with E-state index in [0.717, 1.165) is 0 Å². The van der Waals surface area contributed by atoms with E-state index < -0.39 is 57.0 Å². The smallest absolute Gasteiger partial charge is 0.350 e. The Morgan fingerprint density at radius 1 is 1.17 bits per heavy atom. The van der Waals surface area contributed by atoms with Gasteiger partial charge in [-0.25, -0.2) is 18.4 Å². The highest BCUT2D eigenvalue weighted by Crippen LogP contribution is 2.33. The number of carbonyl (C=O) groups excluding carboxylic acids is 2. The SMILES string of the molecule is CC1(C)OC(=O)C(=CNc2c(F)cc(F)c(F)c2[N+](=O)[O-])C(=O)O1. The molecule has 1 N–H and O–H groups in total. The third kappa shape index (κ3) is 3.14. The fourth-order valence-corrected chi connectivity index (χ4v) is 1.81. The van der Waals surface area contributed by atoms with E-state index in [1.165, 1.54) is 13.8 Å². The van der Waals surface area contributed by atoms with Gasteiger partial charge in [-0.1, -0.05) is 0 Å². The highest BCUT2D eigenvalue weighted by Gasteiger charge is 2.39. The molecule has 1 aliphatic rings. The van der Waals surface area contributed by atoms with Gasteiger partial charge in [-0.05, 0) is 0 Å². The van der Waals surface area contributed by atoms with Crippen LogP contribution in [0.25, 0.3) is 0 Å². The Labute approximate surface area is 132 Å². The molecule has 11 heteroatoms. The number of nitro groups is 1. The molecular weight excluding hydrogens is 337 g/mol. The zero-order valence-corrected chi connectivity index (χ0v) is 12.2. The van der Waals surface area contributed by atoms with Gasteiger partial charge in [0, 0.05) is 26.1 Å². The van der Waals surface area contributed by atoms with Gasteiger partial charge in [-0.3, -0.25) is 10.1 Å². The van der Waals surface area contributed by atoms with Crippen LogP contribution in [0.2, 0.25) is 0 Å². The van der Waals surface area contributed by atoms with E-state index in [1.807, 2.05) is 5.32 Å². The second-order valence-corrected chi connectivity index (χ2v) is 5.02. The molecule has 1 heterocycles. The molecule has 24 heavy (non-hydrogen) atoms. The first kappa shape index (κ1) is 17.2. The first-order chi connectivity index (χ1) is 11.0. The standard InChI is InChI=1S/C13H9F3N2O6/c1-13(2)23-11(19)5(12(20)24-13)4-17-9-7(15)3-6(14)8(16)10(9)18(21)22/h3-4,17H,1-2H3. The maximum atomic E-state index is 13.7. The average molecular weight is 346 g/mol. The second-order valence-electron chi connectivity index (χ2n) is 5.02. The Hall–Kier alpha value is -3.11. The van der Waals surface area contributed by atoms with E-state index >= 15 is 0 Å². The van der Waals surface area contributed by atoms with Crippen molar-refractivity contribution in [2.24, 2.45) is 0 Å². The summed E-state index contributed by atoms with van der Waals surface area (Å²) in [6, 6.07) is 0.0732. The number of benzene rings is 1. The monoisotopic (exact) mass is 346 g/mol. The number of ether oxygens (including phenoxy) is 2. The minimum Gasteiger partial charge on any atom is -0.419 e. The van der Waals surface area contributed by atoms with Gasteiger partial charge in [0.15, 0.2) is 22.9 Å². The van der Waals surface area contributed by atoms with E-state index in [0.29, 0.717) is 6.20 Å². The number of nitro benzene ring substituents is 1. The first-order valence-corrected chi connectivity index (χ1v) is 6.29. The molecule has 0 bridgehead atoms. The average Bonchev–Trinajstić information content (AvgIpc) is 2.41. The van der Waals surface area contributed by atoms with Gasteiger partial charge in [-0.2, -0.15) is 4.39 Å². The Kier molecular flexibility index (Phi) is 4.19. The van der Waals surface area contributed by atoms with Crippen molar-refractivity contribution in [1.82, 2.24) is 0 Å². The van der Waals surface area contributed by atoms with E-state index in [-0.39, 0.29) is 6.07 Å². The molecule has 0 spiro atoms. The van der Waals surface area contributed by atoms with Gasteiger partial charge in [0.2, 0.25) is 5.82 Å². The number of anilines is 1. The van der Waals surface area contributed by atoms with Crippen molar-refractivity contribution in [3.05, 3.63) is 45.4 Å². The summed E-state index contributed by atoms with van der Waals surface area (Å²) < 4.78 is 49.7. The summed E-state index contributed by atoms with van der Waals surface area (Å²) in [4.78, 5) is 32.8. The molecule has 0 atom stereocenters. The van der Waals surface area contributed by atoms with Crippen LogP contribution >= 0.6 is 0 Å². The highest BCUT2D eigenvalue weighted by molar-refractivity contribution is 6.15. The maximum absolute atomic E-state index is 13.7. The van der Waals surface area contributed by atoms with Crippen LogP contribution in [0.4, 0.5) is 24.5 Å². The third-order valence-electron chi connectivity index (χ3n) is 2.81. The molecule has 0 aliphatic carbocycles. The quantitative estimate of drug-likeness (QED) is 0.223. The Bertz CT molecular complexity index is 768. The summed E-state index contributed by atoms with van der Waals surface area (Å²) in [6.45, 7) is 2.57. The Balaban J connectivity index is 2.43. The van der Waals surface area contributed by atoms with Crippen LogP contribution in [0.1, 0.15) is 13.8 Å². The van der Waals surface area contributed by atoms with Crippen molar-refractivity contribution in [2.75, 3.05) is 5.32 Å². The molecule has 0 saturated carbocycles. The van der Waals surface area contributed by atoms with Crippen molar-refractivity contribution < 1.29 is 37.2 Å². The number of carbonyl (C=O) groups is 2. The van der Waals surface area contributed by atoms with Gasteiger partial charge in [-0.15, -0.1) is 0 Å². The molecule has 0 amide bonds. The Morgan fingerprint density at radius 3 is 2.21 bits per heavy atom. The number of halogens is 3. The summed E-state index contributed by atoms with van der Waals surface area (Å²) in [6.07, 6.45) is 0.544. The molecule has 2 rings (SSSR count). The lowest BCUT2D eigenvalue weighted by atomic mass is 10.2. The van der Waals surface area contributed by atoms with Crippen LogP contribution in [0, 0.1) is 27.6 Å². The van der Waals surface area contributed by atoms with Crippen LogP contribution in [0.15, 0.2) is 17.8 Å². The summed E-state index contributed by atoms with van der Waals surface area (Å²) in [5, 5.41) is 12.7. The first-order valence-electron chi connectivity index (χ1n) is 6.29. The number of rotatable bonds is 3. The summed E-state index contributed by atoms with van der Waals surface area (Å²) in [7, 11) is 0. The summed E-state index contributed by atoms with van der Waals surface area (Å²) >= 11 is 0. The zero-order valence-electron chi connectivity index (χ0n) is 12.2. The molecule has 8 nitrogen and oxygen atoms in total. The van der Waals surface area contributed by atoms with Crippen LogP contribution < -0.4 is 5.32 Å². The van der Waals surface area contributed by atoms with E-state index in [4.69, 9.17) is 9.47 Å². The number of nitrogens with one attached hydrogen (secondary N) is 1. The largest absolute Gasteiger partial charge is 0.419 e. The number of hydrogen-bond acceptors (Lipinski definition) is 7. The molecule has 1 aromatic rings. The topological polar surface area (TPSA) is 108 Å². The molecule has 0 radical (unpaired) electrons. The van der Waals surface area contributed by atoms with Gasteiger partial charge >= 0.3 is 17.6 Å². The minimum atomic E-state index is -1.91. The molecule has 0 unspecified atom stereocenters. The number of nitrogens with zero attached hydrogens (tertiary/aromatic N) is 1. The van der Waals surface area contributed by atoms with Crippen molar-refractivity contribution >= 4 is 23.3 Å². The lowest BCUT2D eigenvalue weighted by Gasteiger charge is -2.29. The molecule has 1 fully saturated rings. The van der Waals surface area contributed by atoms with Crippen molar-refractivity contribution in [3.63, 3.8) is 0 Å². The number of cyclic esters (lactones) is 2. The fourth-order valence-electron chi connectivity index (χ4n) is 1.81. The van der Waals surface area contributed by atoms with Crippen molar-refractivity contribution in [3.8, 4) is 0 Å². The number of esters is 2. The summed E-state index contributed by atoms with van der Waals surface area (Å²) in [5.74, 6) is -8.99. The second kappa shape index (κ2) is 5.83. The van der Waals surface area contributed by atoms with E-state index in [9.17, 15) is 32.9 Å². The molecule has 128 valence electrons. The van der Waals surface area contributed by atoms with E-state index in [1.54, 1.807) is 0 Å². The predicted octanol–water partition coefficient (Wildman–Crippen LogP) is 2.14. The van der Waals surface area contributed by atoms with Crippen LogP contribution in [0.5, 0.6) is 0 Å². The molecule has 1 aliphatic heterocycles. The summed E-state index contributed by atoms with van der Waals surface area (Å²) in [5.41, 5.74) is -3.34.